The Kier molecular flexibility index (Phi) is 4.52. The molecule has 0 saturated carbocycles. The third-order valence-corrected chi connectivity index (χ3v) is 4.89. The quantitative estimate of drug-likeness (QED) is 0.742. The molecule has 1 fully saturated rings. The number of aliphatic hydroxyl groups is 1. The number of carbonyl (C=O) groups is 1. The van der Waals surface area contributed by atoms with E-state index in [9.17, 15) is 9.90 Å². The highest BCUT2D eigenvalue weighted by atomic mass is 35.5. The number of aliphatic hydroxyl groups excluding tert-OH is 1. The molecule has 1 aromatic heterocycles. The van der Waals surface area contributed by atoms with Crippen LogP contribution in [0.1, 0.15) is 12.0 Å². The van der Waals surface area contributed by atoms with E-state index < -0.39 is 6.04 Å². The van der Waals surface area contributed by atoms with Crippen LogP contribution in [0.15, 0.2) is 35.8 Å². The first-order valence-electron chi connectivity index (χ1n) is 8.34. The number of ether oxygens (including phenoxy) is 1. The summed E-state index contributed by atoms with van der Waals surface area (Å²) in [5, 5.41) is 12.6. The van der Waals surface area contributed by atoms with Crippen molar-refractivity contribution in [2.75, 3.05) is 13.2 Å². The van der Waals surface area contributed by atoms with Crippen LogP contribution in [-0.4, -0.2) is 50.7 Å². The first-order valence-corrected chi connectivity index (χ1v) is 8.72. The molecule has 2 N–H and O–H groups in total. The summed E-state index contributed by atoms with van der Waals surface area (Å²) in [4.78, 5) is 22.1. The van der Waals surface area contributed by atoms with Gasteiger partial charge in [-0.05, 0) is 18.6 Å². The van der Waals surface area contributed by atoms with Gasteiger partial charge >= 0.3 is 0 Å². The van der Waals surface area contributed by atoms with Crippen molar-refractivity contribution >= 4 is 29.2 Å². The molecule has 26 heavy (non-hydrogen) atoms. The minimum Gasteiger partial charge on any atom is -0.492 e. The minimum atomic E-state index is -0.641. The highest BCUT2D eigenvalue weighted by Gasteiger charge is 2.39. The van der Waals surface area contributed by atoms with Gasteiger partial charge in [-0.1, -0.05) is 11.6 Å². The van der Waals surface area contributed by atoms with Gasteiger partial charge in [0.15, 0.2) is 0 Å². The summed E-state index contributed by atoms with van der Waals surface area (Å²) in [5.74, 6) is 0.784. The number of imidazole rings is 1. The van der Waals surface area contributed by atoms with E-state index in [4.69, 9.17) is 16.3 Å². The van der Waals surface area contributed by atoms with Crippen molar-refractivity contribution in [2.24, 2.45) is 4.99 Å². The lowest BCUT2D eigenvalue weighted by molar-refractivity contribution is -0.122. The van der Waals surface area contributed by atoms with Gasteiger partial charge in [0.1, 0.15) is 11.8 Å². The maximum atomic E-state index is 11.9. The van der Waals surface area contributed by atoms with Crippen LogP contribution in [0.4, 0.5) is 5.69 Å². The van der Waals surface area contributed by atoms with Crippen LogP contribution < -0.4 is 10.1 Å². The van der Waals surface area contributed by atoms with Crippen LogP contribution in [0.25, 0.3) is 0 Å². The number of hydrogen-bond acceptors (Lipinski definition) is 6. The number of nitrogens with zero attached hydrogens (tertiary/aromatic N) is 4. The molecule has 1 aromatic carbocycles. The lowest BCUT2D eigenvalue weighted by Crippen LogP contribution is -2.39. The van der Waals surface area contributed by atoms with Crippen LogP contribution in [0.5, 0.6) is 5.75 Å². The average molecular weight is 376 g/mol. The number of aliphatic imine (C=N–C) groups is 1. The molecule has 4 rings (SSSR count). The second-order valence-electron chi connectivity index (χ2n) is 6.13. The van der Waals surface area contributed by atoms with Gasteiger partial charge in [-0.2, -0.15) is 0 Å². The third-order valence-electron chi connectivity index (χ3n) is 4.47. The fourth-order valence-electron chi connectivity index (χ4n) is 3.10. The van der Waals surface area contributed by atoms with Crippen LogP contribution in [0.2, 0.25) is 5.02 Å². The van der Waals surface area contributed by atoms with Crippen molar-refractivity contribution in [2.45, 2.75) is 25.6 Å². The molecular weight excluding hydrogens is 358 g/mol. The third kappa shape index (κ3) is 3.02. The zero-order valence-corrected chi connectivity index (χ0v) is 14.7. The van der Waals surface area contributed by atoms with Crippen molar-refractivity contribution in [3.05, 3.63) is 41.4 Å². The number of aromatic nitrogens is 2. The van der Waals surface area contributed by atoms with Crippen molar-refractivity contribution in [3.8, 4) is 5.75 Å². The van der Waals surface area contributed by atoms with Crippen molar-refractivity contribution in [1.82, 2.24) is 19.8 Å². The topological polar surface area (TPSA) is 92.0 Å². The molecule has 0 bridgehead atoms. The summed E-state index contributed by atoms with van der Waals surface area (Å²) < 4.78 is 7.81. The normalized spacial score (nSPS) is 18.2. The van der Waals surface area contributed by atoms with Gasteiger partial charge in [-0.3, -0.25) is 10.1 Å². The Bertz CT molecular complexity index is 852. The number of benzene rings is 1. The number of carbonyl (C=O) groups excluding carboxylic acids is 1. The Morgan fingerprint density at radius 1 is 1.42 bits per heavy atom. The molecule has 1 amide bonds. The second-order valence-corrected chi connectivity index (χ2v) is 6.51. The van der Waals surface area contributed by atoms with E-state index in [1.54, 1.807) is 23.5 Å². The molecule has 136 valence electrons. The van der Waals surface area contributed by atoms with E-state index in [1.165, 1.54) is 0 Å². The number of rotatable bonds is 6. The lowest BCUT2D eigenvalue weighted by Gasteiger charge is -2.28. The van der Waals surface area contributed by atoms with Crippen LogP contribution in [0.3, 0.4) is 0 Å². The van der Waals surface area contributed by atoms with Gasteiger partial charge in [0.2, 0.25) is 5.96 Å². The van der Waals surface area contributed by atoms with Gasteiger partial charge in [0.05, 0.1) is 36.8 Å². The van der Waals surface area contributed by atoms with Gasteiger partial charge in [0.25, 0.3) is 5.91 Å². The molecule has 8 nitrogen and oxygen atoms in total. The molecule has 0 spiro atoms. The summed E-state index contributed by atoms with van der Waals surface area (Å²) in [6.07, 6.45) is 6.24. The van der Waals surface area contributed by atoms with Gasteiger partial charge < -0.3 is 19.3 Å². The molecule has 3 heterocycles. The molecule has 0 aliphatic carbocycles. The van der Waals surface area contributed by atoms with E-state index in [-0.39, 0.29) is 12.5 Å². The number of halogens is 1. The number of hydrogen-bond donors (Lipinski definition) is 2. The number of guanidine groups is 1. The molecule has 2 aliphatic heterocycles. The van der Waals surface area contributed by atoms with Crippen LogP contribution in [0, 0.1) is 0 Å². The Morgan fingerprint density at radius 3 is 3.08 bits per heavy atom. The average Bonchev–Trinajstić information content (AvgIpc) is 3.25. The minimum absolute atomic E-state index is 0.258. The Labute approximate surface area is 155 Å². The summed E-state index contributed by atoms with van der Waals surface area (Å²) in [7, 11) is 0. The molecule has 9 heteroatoms. The highest BCUT2D eigenvalue weighted by molar-refractivity contribution is 6.33. The van der Waals surface area contributed by atoms with Crippen molar-refractivity contribution < 1.29 is 14.6 Å². The molecule has 1 unspecified atom stereocenters. The predicted octanol–water partition coefficient (Wildman–Crippen LogP) is 1.30. The molecule has 2 aromatic rings. The highest BCUT2D eigenvalue weighted by Crippen LogP contribution is 2.39. The lowest BCUT2D eigenvalue weighted by atomic mass is 10.1. The molecule has 0 radical (unpaired) electrons. The fourth-order valence-corrected chi connectivity index (χ4v) is 3.38. The number of amides is 1. The maximum Gasteiger partial charge on any atom is 0.251 e. The summed E-state index contributed by atoms with van der Waals surface area (Å²) >= 11 is 6.52. The number of fused-ring (bicyclic) bond motifs is 2. The van der Waals surface area contributed by atoms with Gasteiger partial charge in [0, 0.05) is 24.5 Å². The van der Waals surface area contributed by atoms with Gasteiger partial charge in [-0.25, -0.2) is 9.98 Å². The Balaban J connectivity index is 1.46. The van der Waals surface area contributed by atoms with Crippen LogP contribution in [-0.2, 0) is 17.9 Å². The second kappa shape index (κ2) is 6.97. The first-order chi connectivity index (χ1) is 12.7. The fraction of sp³-hybridized carbons (Fsp3) is 0.353. The predicted molar refractivity (Wildman–Crippen MR) is 95.4 cm³/mol. The van der Waals surface area contributed by atoms with E-state index in [2.05, 4.69) is 15.3 Å². The largest absolute Gasteiger partial charge is 0.492 e. The standard InChI is InChI=1S/C17H18ClN5O3/c18-15-11-8-23-13(9-24)16(25)21-17(23)20-12(11)2-3-14(15)26-7-1-5-22-6-4-19-10-22/h2-4,6,10,13,24H,1,5,7-9H2,(H,20,21,25). The Morgan fingerprint density at radius 2 is 2.31 bits per heavy atom. The molecular formula is C17H18ClN5O3. The van der Waals surface area contributed by atoms with Crippen molar-refractivity contribution in [1.29, 1.82) is 0 Å². The molecule has 2 aliphatic rings. The summed E-state index contributed by atoms with van der Waals surface area (Å²) in [6.45, 7) is 1.45. The molecule has 1 atom stereocenters. The van der Waals surface area contributed by atoms with E-state index in [0.717, 1.165) is 18.5 Å². The maximum absolute atomic E-state index is 11.9. The van der Waals surface area contributed by atoms with E-state index >= 15 is 0 Å². The monoisotopic (exact) mass is 375 g/mol. The zero-order valence-electron chi connectivity index (χ0n) is 13.9. The first kappa shape index (κ1) is 16.9. The summed E-state index contributed by atoms with van der Waals surface area (Å²) in [5.41, 5.74) is 1.49. The van der Waals surface area contributed by atoms with Crippen molar-refractivity contribution in [3.63, 3.8) is 0 Å². The van der Waals surface area contributed by atoms with E-state index in [0.29, 0.717) is 35.6 Å². The number of nitrogens with one attached hydrogen (secondary N) is 1. The van der Waals surface area contributed by atoms with E-state index in [1.807, 2.05) is 16.8 Å². The summed E-state index contributed by atoms with van der Waals surface area (Å²) in [6, 6.07) is 2.98. The molecule has 1 saturated heterocycles. The smallest absolute Gasteiger partial charge is 0.251 e. The number of aryl methyl sites for hydroxylation is 1. The SMILES string of the molecule is O=C1NC2=Nc3ccc(OCCCn4ccnc4)c(Cl)c3CN2C1CO. The van der Waals surface area contributed by atoms with Gasteiger partial charge in [-0.15, -0.1) is 0 Å². The van der Waals surface area contributed by atoms with Crippen LogP contribution >= 0.6 is 11.6 Å². The Hall–Kier alpha value is -2.58. The zero-order chi connectivity index (χ0) is 18.1.